The second-order valence-electron chi connectivity index (χ2n) is 16.8. The number of benzene rings is 2. The number of para-hydroxylation sites is 1. The van der Waals surface area contributed by atoms with E-state index in [1.165, 1.54) is 46.3 Å². The number of Topliss-reactive ketones (excluding diaryl/α,β-unsaturated/α-hetero) is 2. The lowest BCUT2D eigenvalue weighted by Gasteiger charge is -2.38. The summed E-state index contributed by atoms with van der Waals surface area (Å²) in [6.07, 6.45) is 3.79. The number of aliphatic hydroxyl groups is 2. The number of carbonyl (C=O) groups excluding carboxylic acids is 4. The molecule has 320 valence electrons. The Balaban J connectivity index is 1.55. The molecule has 5 bridgehead atoms. The number of carbonyl (C=O) groups is 4. The van der Waals surface area contributed by atoms with Crippen molar-refractivity contribution in [2.45, 2.75) is 105 Å². The van der Waals surface area contributed by atoms with Crippen LogP contribution in [0, 0.1) is 30.6 Å². The first kappa shape index (κ1) is 44.0. The third-order valence-electron chi connectivity index (χ3n) is 12.1. The number of allylic oxidation sites excluding steroid dienone is 4. The van der Waals surface area contributed by atoms with Gasteiger partial charge in [0, 0.05) is 67.0 Å². The number of hydrogen-bond donors (Lipinski definition) is 4. The predicted octanol–water partition coefficient (Wildman–Crippen LogP) is 5.82. The molecule has 0 saturated carbocycles. The molecule has 60 heavy (non-hydrogen) atoms. The van der Waals surface area contributed by atoms with Crippen LogP contribution < -0.4 is 15.0 Å². The zero-order valence-electron chi connectivity index (χ0n) is 35.9. The van der Waals surface area contributed by atoms with Crippen LogP contribution in [0.25, 0.3) is 0 Å². The smallest absolute Gasteiger partial charge is 0.312 e. The fraction of sp³-hybridized carbons (Fsp3) is 0.457. The Kier molecular flexibility index (Phi) is 12.1. The highest BCUT2D eigenvalue weighted by Gasteiger charge is 2.55. The van der Waals surface area contributed by atoms with Gasteiger partial charge >= 0.3 is 11.8 Å². The Labute approximate surface area is 350 Å². The molecule has 0 spiro atoms. The fourth-order valence-corrected chi connectivity index (χ4v) is 8.64. The molecule has 2 aromatic rings. The van der Waals surface area contributed by atoms with Crippen molar-refractivity contribution in [3.05, 3.63) is 100 Å². The van der Waals surface area contributed by atoms with E-state index >= 15 is 0 Å². The summed E-state index contributed by atoms with van der Waals surface area (Å²) in [5.74, 6) is -7.47. The molecule has 0 radical (unpaired) electrons. The van der Waals surface area contributed by atoms with E-state index in [0.717, 1.165) is 0 Å². The highest BCUT2D eigenvalue weighted by Crippen LogP contribution is 2.51. The van der Waals surface area contributed by atoms with Crippen LogP contribution in [-0.2, 0) is 23.8 Å². The molecule has 6 rings (SSSR count). The highest BCUT2D eigenvalue weighted by atomic mass is 16.7. The molecule has 0 aromatic heterocycles. The zero-order chi connectivity index (χ0) is 44.2. The van der Waals surface area contributed by atoms with Crippen molar-refractivity contribution >= 4 is 34.8 Å². The van der Waals surface area contributed by atoms with Gasteiger partial charge in [-0.25, -0.2) is 0 Å². The minimum absolute atomic E-state index is 0.00136. The number of anilines is 1. The van der Waals surface area contributed by atoms with Crippen LogP contribution >= 0.6 is 0 Å². The minimum Gasteiger partial charge on any atom is -0.507 e. The van der Waals surface area contributed by atoms with E-state index in [-0.39, 0.29) is 50.7 Å². The van der Waals surface area contributed by atoms with Gasteiger partial charge in [0.2, 0.25) is 5.78 Å². The number of amides is 1. The maximum absolute atomic E-state index is 14.9. The van der Waals surface area contributed by atoms with E-state index in [9.17, 15) is 34.5 Å². The molecular weight excluding hydrogens is 771 g/mol. The second-order valence-corrected chi connectivity index (χ2v) is 16.8. The van der Waals surface area contributed by atoms with Crippen LogP contribution in [0.1, 0.15) is 94.2 Å². The number of aromatic hydroxyl groups is 1. The summed E-state index contributed by atoms with van der Waals surface area (Å²) < 4.78 is 23.9. The number of fused-ring (bicyclic) bond motifs is 3. The van der Waals surface area contributed by atoms with Crippen LogP contribution in [0.5, 0.6) is 11.5 Å². The molecule has 2 aromatic carbocycles. The van der Waals surface area contributed by atoms with Gasteiger partial charge in [0.1, 0.15) is 29.0 Å². The number of ether oxygens (including phenoxy) is 4. The molecule has 1 amide bonds. The van der Waals surface area contributed by atoms with E-state index < -0.39 is 88.7 Å². The molecule has 14 nitrogen and oxygen atoms in total. The monoisotopic (exact) mass is 825 g/mol. The SMILES string of the molecule is CO[C@H]1/C=C/O[C@@]2(C)Oc3c(C)c(O)c4c(c3C2=O)C2=NC(C)(C)N(c3ccccc3)C2=C(NC(=O)/C(C)=C\C=C\[C@H](C)[C@H](O)[C@@H](C)[C@@H](O)[C@@H](C)[C@H](OC(C)=O)[C@@H]1C)C4=O. The van der Waals surface area contributed by atoms with Crippen molar-refractivity contribution in [2.24, 2.45) is 28.7 Å². The Morgan fingerprint density at radius 3 is 2.22 bits per heavy atom. The largest absolute Gasteiger partial charge is 0.507 e. The lowest BCUT2D eigenvalue weighted by atomic mass is 9.78. The highest BCUT2D eigenvalue weighted by molar-refractivity contribution is 6.35. The van der Waals surface area contributed by atoms with Gasteiger partial charge in [0.15, 0.2) is 0 Å². The molecule has 0 saturated heterocycles. The average Bonchev–Trinajstić information content (AvgIpc) is 3.64. The number of nitrogens with zero attached hydrogens (tertiary/aromatic N) is 2. The standard InChI is InChI=1S/C46H55N3O11/c1-22-16-15-17-23(2)44(56)47-35-36-34(48-45(8,9)49(36)29-18-13-12-14-19-29)31-32(40(35)54)39(53)27(6)42-33(31)43(55)46(10,60-42)58-21-20-30(57-11)24(3)41(59-28(7)50)26(5)38(52)25(4)37(22)51/h12-22,24-26,30,37-38,41,51-53H,1-11H3,(H,47,56)/b16-15+,21-20+,23-17-/t22-,24+,25+,26+,30-,37-,38+,41+,46-/m0/s1. The molecular formula is C46H55N3O11. The number of aliphatic imine (C=N–C) groups is 1. The van der Waals surface area contributed by atoms with Gasteiger partial charge in [-0.3, -0.25) is 24.2 Å². The van der Waals surface area contributed by atoms with Gasteiger partial charge in [-0.2, -0.15) is 0 Å². The van der Waals surface area contributed by atoms with Gasteiger partial charge in [-0.15, -0.1) is 0 Å². The molecule has 9 atom stereocenters. The summed E-state index contributed by atoms with van der Waals surface area (Å²) >= 11 is 0. The Morgan fingerprint density at radius 1 is 0.917 bits per heavy atom. The van der Waals surface area contributed by atoms with E-state index in [2.05, 4.69) is 5.32 Å². The quantitative estimate of drug-likeness (QED) is 0.272. The van der Waals surface area contributed by atoms with Gasteiger partial charge < -0.3 is 44.5 Å². The number of rotatable bonds is 3. The van der Waals surface area contributed by atoms with Crippen molar-refractivity contribution in [2.75, 3.05) is 12.0 Å². The average molecular weight is 826 g/mol. The van der Waals surface area contributed by atoms with E-state index in [1.54, 1.807) is 51.7 Å². The van der Waals surface area contributed by atoms with Crippen LogP contribution in [0.2, 0.25) is 0 Å². The topological polar surface area (TPSA) is 194 Å². The normalized spacial score (nSPS) is 32.5. The second kappa shape index (κ2) is 16.5. The number of aliphatic hydroxyl groups excluding tert-OH is 2. The van der Waals surface area contributed by atoms with Crippen LogP contribution in [0.3, 0.4) is 0 Å². The summed E-state index contributed by atoms with van der Waals surface area (Å²) in [6.45, 7) is 16.4. The summed E-state index contributed by atoms with van der Waals surface area (Å²) in [5, 5.41) is 37.6. The number of hydrogen-bond acceptors (Lipinski definition) is 13. The Hall–Kier alpha value is -5.57. The van der Waals surface area contributed by atoms with Gasteiger partial charge in [0.25, 0.3) is 11.7 Å². The minimum atomic E-state index is -1.99. The van der Waals surface area contributed by atoms with Gasteiger partial charge in [0.05, 0.1) is 47.1 Å². The number of esters is 1. The molecule has 4 aliphatic rings. The fourth-order valence-electron chi connectivity index (χ4n) is 8.64. The molecule has 1 aliphatic carbocycles. The number of phenolic OH excluding ortho intramolecular Hbond substituents is 1. The first-order valence-corrected chi connectivity index (χ1v) is 20.1. The molecule has 14 heteroatoms. The molecule has 0 unspecified atom stereocenters. The maximum Gasteiger partial charge on any atom is 0.312 e. The van der Waals surface area contributed by atoms with Crippen LogP contribution in [0.15, 0.2) is 82.9 Å². The third-order valence-corrected chi connectivity index (χ3v) is 12.1. The van der Waals surface area contributed by atoms with Gasteiger partial charge in [-0.1, -0.05) is 64.1 Å². The third kappa shape index (κ3) is 7.56. The van der Waals surface area contributed by atoms with Crippen LogP contribution in [0.4, 0.5) is 5.69 Å². The number of methoxy groups -OCH3 is 1. The first-order chi connectivity index (χ1) is 28.2. The van der Waals surface area contributed by atoms with E-state index in [0.29, 0.717) is 5.69 Å². The molecule has 0 fully saturated rings. The van der Waals surface area contributed by atoms with Gasteiger partial charge in [-0.05, 0) is 45.9 Å². The molecule has 3 aliphatic heterocycles. The predicted molar refractivity (Wildman–Crippen MR) is 223 cm³/mol. The first-order valence-electron chi connectivity index (χ1n) is 20.1. The van der Waals surface area contributed by atoms with E-state index in [4.69, 9.17) is 23.9 Å². The lowest BCUT2D eigenvalue weighted by Crippen LogP contribution is -2.46. The summed E-state index contributed by atoms with van der Waals surface area (Å²) in [7, 11) is 1.46. The number of phenols is 1. The number of ketones is 2. The zero-order valence-corrected chi connectivity index (χ0v) is 35.9. The van der Waals surface area contributed by atoms with Crippen molar-refractivity contribution in [3.8, 4) is 11.5 Å². The maximum atomic E-state index is 14.9. The Morgan fingerprint density at radius 2 is 1.58 bits per heavy atom. The van der Waals surface area contributed by atoms with Crippen LogP contribution in [-0.4, -0.2) is 87.4 Å². The summed E-state index contributed by atoms with van der Waals surface area (Å²) in [6, 6.07) is 9.17. The lowest BCUT2D eigenvalue weighted by molar-refractivity contribution is -0.160. The summed E-state index contributed by atoms with van der Waals surface area (Å²) in [4.78, 5) is 62.8. The van der Waals surface area contributed by atoms with Crippen molar-refractivity contribution in [3.63, 3.8) is 0 Å². The van der Waals surface area contributed by atoms with E-state index in [1.807, 2.05) is 44.2 Å². The van der Waals surface area contributed by atoms with Crippen molar-refractivity contribution in [1.29, 1.82) is 0 Å². The number of nitrogens with one attached hydrogen (secondary N) is 1. The Bertz CT molecular complexity index is 2260. The van der Waals surface area contributed by atoms with Crippen molar-refractivity contribution in [1.82, 2.24) is 5.32 Å². The summed E-state index contributed by atoms with van der Waals surface area (Å²) in [5.41, 5.74) is -0.0364. The molecule has 3 heterocycles. The molecule has 4 N–H and O–H groups in total. The van der Waals surface area contributed by atoms with Crippen molar-refractivity contribution < 1.29 is 53.4 Å².